The third kappa shape index (κ3) is 3.74. The van der Waals surface area contributed by atoms with Gasteiger partial charge in [0.15, 0.2) is 0 Å². The Labute approximate surface area is 151 Å². The van der Waals surface area contributed by atoms with E-state index in [0.29, 0.717) is 0 Å². The number of ether oxygens (including phenoxy) is 4. The number of rotatable bonds is 4. The van der Waals surface area contributed by atoms with Gasteiger partial charge < -0.3 is 0 Å². The zero-order valence-corrected chi connectivity index (χ0v) is 16.2. The fourth-order valence-electron chi connectivity index (χ4n) is 4.65. The molecule has 0 N–H and O–H groups in total. The van der Waals surface area contributed by atoms with Gasteiger partial charge in [-0.3, -0.25) is 0 Å². The van der Waals surface area contributed by atoms with Crippen molar-refractivity contribution in [3.05, 3.63) is 0 Å². The maximum absolute atomic E-state index is 5.71. The van der Waals surface area contributed by atoms with Crippen molar-refractivity contribution in [2.45, 2.75) is 0 Å². The van der Waals surface area contributed by atoms with Gasteiger partial charge in [0.05, 0.1) is 0 Å². The van der Waals surface area contributed by atoms with Crippen molar-refractivity contribution < 1.29 is 18.9 Å². The molecule has 4 heterocycles. The van der Waals surface area contributed by atoms with Crippen LogP contribution < -0.4 is 0 Å². The topological polar surface area (TPSA) is 49.9 Å². The predicted molar refractivity (Wildman–Crippen MR) is 97.9 cm³/mol. The van der Waals surface area contributed by atoms with Crippen LogP contribution in [0.25, 0.3) is 0 Å². The van der Waals surface area contributed by atoms with Crippen LogP contribution in [-0.2, 0) is 18.9 Å². The predicted octanol–water partition coefficient (Wildman–Crippen LogP) is -0.275. The molecule has 0 atom stereocenters. The van der Waals surface area contributed by atoms with E-state index in [4.69, 9.17) is 18.9 Å². The molecule has 25 heavy (non-hydrogen) atoms. The van der Waals surface area contributed by atoms with Crippen LogP contribution in [0.4, 0.5) is 0 Å². The summed E-state index contributed by atoms with van der Waals surface area (Å²) in [5, 5.41) is 0. The second kappa shape index (κ2) is 8.87. The molecule has 4 fully saturated rings. The van der Waals surface area contributed by atoms with E-state index in [9.17, 15) is 0 Å². The van der Waals surface area contributed by atoms with Gasteiger partial charge in [0.2, 0.25) is 0 Å². The second-order valence-electron chi connectivity index (χ2n) is 7.00. The summed E-state index contributed by atoms with van der Waals surface area (Å²) < 4.78 is 33.9. The van der Waals surface area contributed by atoms with E-state index in [0.717, 1.165) is 105 Å². The molecule has 146 valence electrons. The molecule has 0 aliphatic carbocycles. The summed E-state index contributed by atoms with van der Waals surface area (Å²) in [7, 11) is -2.18. The van der Waals surface area contributed by atoms with Gasteiger partial charge in [0.25, 0.3) is 0 Å². The first-order valence-electron chi connectivity index (χ1n) is 9.73. The molecule has 0 unspecified atom stereocenters. The van der Waals surface area contributed by atoms with Gasteiger partial charge in [-0.15, -0.1) is 0 Å². The molecule has 0 spiro atoms. The zero-order valence-electron chi connectivity index (χ0n) is 15.2. The molecule has 0 aromatic carbocycles. The molecule has 8 nitrogen and oxygen atoms in total. The van der Waals surface area contributed by atoms with Crippen LogP contribution >= 0.6 is 7.87 Å². The van der Waals surface area contributed by atoms with Gasteiger partial charge in [0.1, 0.15) is 0 Å². The van der Waals surface area contributed by atoms with Crippen molar-refractivity contribution in [1.29, 1.82) is 0 Å². The molecule has 4 aliphatic rings. The van der Waals surface area contributed by atoms with Crippen LogP contribution in [0, 0.1) is 0 Å². The summed E-state index contributed by atoms with van der Waals surface area (Å²) in [6.45, 7) is 14.9. The first-order chi connectivity index (χ1) is 12.4. The molecular formula is C16H33N4O4P. The molecule has 0 aromatic heterocycles. The standard InChI is InChI=1S/C16H33N4O4P/c1-9-21-10-2-17(1)25(18-3-11-22-12-4-18,19-5-13-23-14-6-19)20-7-15-24-16-8-20/h25H,1-16H2. The average Bonchev–Trinajstić information content (AvgIpc) is 2.72. The van der Waals surface area contributed by atoms with Crippen LogP contribution in [0.15, 0.2) is 0 Å². The number of nitrogens with zero attached hydrogens (tertiary/aromatic N) is 4. The third-order valence-corrected chi connectivity index (χ3v) is 10.9. The van der Waals surface area contributed by atoms with Crippen LogP contribution in [0.1, 0.15) is 0 Å². The van der Waals surface area contributed by atoms with Gasteiger partial charge in [-0.25, -0.2) is 0 Å². The van der Waals surface area contributed by atoms with E-state index in [1.165, 1.54) is 0 Å². The Morgan fingerprint density at radius 3 is 0.760 bits per heavy atom. The molecule has 0 bridgehead atoms. The molecule has 4 aliphatic heterocycles. The van der Waals surface area contributed by atoms with Crippen LogP contribution in [0.5, 0.6) is 0 Å². The third-order valence-electron chi connectivity index (χ3n) is 5.74. The van der Waals surface area contributed by atoms with E-state index < -0.39 is 7.87 Å². The minimum absolute atomic E-state index is 0.841. The Bertz CT molecular complexity index is 331. The Balaban J connectivity index is 1.70. The summed E-state index contributed by atoms with van der Waals surface area (Å²) >= 11 is 0. The SMILES string of the molecule is C1CN([PH](N2CCOCC2)(N2CCOCC2)N2CCOCC2)CCO1. The van der Waals surface area contributed by atoms with E-state index >= 15 is 0 Å². The second-order valence-corrected chi connectivity index (χ2v) is 10.7. The van der Waals surface area contributed by atoms with Gasteiger partial charge in [0, 0.05) is 0 Å². The molecule has 4 saturated heterocycles. The first-order valence-corrected chi connectivity index (χ1v) is 11.5. The van der Waals surface area contributed by atoms with Crippen molar-refractivity contribution in [3.8, 4) is 0 Å². The molecule has 9 heteroatoms. The Hall–Kier alpha value is 0.110. The van der Waals surface area contributed by atoms with Crippen molar-refractivity contribution >= 4 is 7.87 Å². The number of morpholine rings is 4. The normalized spacial score (nSPS) is 30.4. The van der Waals surface area contributed by atoms with Crippen LogP contribution in [0.2, 0.25) is 0 Å². The summed E-state index contributed by atoms with van der Waals surface area (Å²) in [5.41, 5.74) is 0. The maximum atomic E-state index is 5.71. The molecule has 4 rings (SSSR count). The summed E-state index contributed by atoms with van der Waals surface area (Å²) in [5.74, 6) is 0. The quantitative estimate of drug-likeness (QED) is 0.622. The van der Waals surface area contributed by atoms with Gasteiger partial charge in [-0.2, -0.15) is 0 Å². The van der Waals surface area contributed by atoms with E-state index in [-0.39, 0.29) is 0 Å². The molecule has 0 saturated carbocycles. The monoisotopic (exact) mass is 376 g/mol. The summed E-state index contributed by atoms with van der Waals surface area (Å²) in [6.07, 6.45) is 0. The van der Waals surface area contributed by atoms with Gasteiger partial charge in [-0.1, -0.05) is 0 Å². The Morgan fingerprint density at radius 2 is 0.560 bits per heavy atom. The molecule has 0 amide bonds. The summed E-state index contributed by atoms with van der Waals surface area (Å²) in [4.78, 5) is 0. The number of hydrogen-bond acceptors (Lipinski definition) is 8. The van der Waals surface area contributed by atoms with Crippen LogP contribution in [-0.4, -0.2) is 124 Å². The molecular weight excluding hydrogens is 343 g/mol. The summed E-state index contributed by atoms with van der Waals surface area (Å²) in [6, 6.07) is 0. The number of hydrogen-bond donors (Lipinski definition) is 0. The Morgan fingerprint density at radius 1 is 0.360 bits per heavy atom. The average molecular weight is 376 g/mol. The van der Waals surface area contributed by atoms with E-state index in [1.54, 1.807) is 0 Å². The fourth-order valence-corrected chi connectivity index (χ4v) is 10.2. The van der Waals surface area contributed by atoms with Crippen molar-refractivity contribution in [1.82, 2.24) is 18.7 Å². The molecule has 0 aromatic rings. The van der Waals surface area contributed by atoms with Gasteiger partial charge in [-0.05, 0) is 0 Å². The Kier molecular flexibility index (Phi) is 6.55. The zero-order chi connectivity index (χ0) is 17.0. The first kappa shape index (κ1) is 18.5. The fraction of sp³-hybridized carbons (Fsp3) is 1.00. The molecule has 0 radical (unpaired) electrons. The minimum atomic E-state index is -2.18. The van der Waals surface area contributed by atoms with Crippen LogP contribution in [0.3, 0.4) is 0 Å². The van der Waals surface area contributed by atoms with Crippen molar-refractivity contribution in [2.24, 2.45) is 0 Å². The van der Waals surface area contributed by atoms with Crippen molar-refractivity contribution in [2.75, 3.05) is 105 Å². The van der Waals surface area contributed by atoms with E-state index in [2.05, 4.69) is 18.7 Å². The van der Waals surface area contributed by atoms with Gasteiger partial charge >= 0.3 is 151 Å². The van der Waals surface area contributed by atoms with E-state index in [1.807, 2.05) is 0 Å². The van der Waals surface area contributed by atoms with Crippen molar-refractivity contribution in [3.63, 3.8) is 0 Å².